The smallest absolute Gasteiger partial charge is 0.240 e. The fraction of sp³-hybridized carbons (Fsp3) is 0.538. The Bertz CT molecular complexity index is 573. The number of nitrogens with two attached hydrogens (primary N) is 1. The van der Waals surface area contributed by atoms with Crippen LogP contribution in [-0.2, 0) is 16.6 Å². The van der Waals surface area contributed by atoms with Gasteiger partial charge in [-0.15, -0.1) is 0 Å². The molecule has 0 radical (unpaired) electrons. The third kappa shape index (κ3) is 3.93. The Morgan fingerprint density at radius 2 is 2.15 bits per heavy atom. The van der Waals surface area contributed by atoms with Gasteiger partial charge in [-0.05, 0) is 37.6 Å². The number of sulfonamides is 1. The summed E-state index contributed by atoms with van der Waals surface area (Å²) < 4.78 is 26.9. The molecule has 0 aliphatic heterocycles. The van der Waals surface area contributed by atoms with E-state index in [9.17, 15) is 8.42 Å². The fourth-order valence-electron chi connectivity index (χ4n) is 2.00. The number of benzene rings is 1. The minimum Gasteiger partial charge on any atom is -0.326 e. The molecule has 1 aliphatic carbocycles. The van der Waals surface area contributed by atoms with Crippen molar-refractivity contribution >= 4 is 21.6 Å². The van der Waals surface area contributed by atoms with Crippen LogP contribution in [0.5, 0.6) is 0 Å². The molecule has 0 spiro atoms. The maximum absolute atomic E-state index is 12.1. The van der Waals surface area contributed by atoms with Crippen molar-refractivity contribution in [2.24, 2.45) is 5.73 Å². The van der Waals surface area contributed by atoms with Gasteiger partial charge in [-0.2, -0.15) is 0 Å². The van der Waals surface area contributed by atoms with Crippen molar-refractivity contribution in [1.82, 2.24) is 9.62 Å². The van der Waals surface area contributed by atoms with Crippen molar-refractivity contribution in [1.29, 1.82) is 0 Å². The minimum atomic E-state index is -3.51. The standard InChI is InChI=1S/C13H20ClN3O2S/c1-17(11-3-4-11)7-6-16-20(18,19)12-5-2-10(9-15)13(14)8-12/h2,5,8,11,16H,3-4,6-7,9,15H2,1H3. The van der Waals surface area contributed by atoms with E-state index in [-0.39, 0.29) is 4.90 Å². The lowest BCUT2D eigenvalue weighted by Crippen LogP contribution is -2.34. The number of rotatable bonds is 7. The molecule has 20 heavy (non-hydrogen) atoms. The molecule has 1 aliphatic rings. The topological polar surface area (TPSA) is 75.4 Å². The molecular formula is C13H20ClN3O2S. The largest absolute Gasteiger partial charge is 0.326 e. The summed E-state index contributed by atoms with van der Waals surface area (Å²) in [6.07, 6.45) is 2.42. The van der Waals surface area contributed by atoms with Crippen molar-refractivity contribution in [3.8, 4) is 0 Å². The molecule has 0 aromatic heterocycles. The molecular weight excluding hydrogens is 298 g/mol. The number of likely N-dealkylation sites (N-methyl/N-ethyl adjacent to an activating group) is 1. The molecule has 0 heterocycles. The number of nitrogens with zero attached hydrogens (tertiary/aromatic N) is 1. The van der Waals surface area contributed by atoms with Crippen LogP contribution in [0.1, 0.15) is 18.4 Å². The van der Waals surface area contributed by atoms with Crippen molar-refractivity contribution in [3.05, 3.63) is 28.8 Å². The number of hydrogen-bond donors (Lipinski definition) is 2. The normalized spacial score (nSPS) is 15.8. The van der Waals surface area contributed by atoms with Crippen LogP contribution in [0.15, 0.2) is 23.1 Å². The van der Waals surface area contributed by atoms with Crippen LogP contribution in [0.25, 0.3) is 0 Å². The van der Waals surface area contributed by atoms with Gasteiger partial charge in [-0.1, -0.05) is 17.7 Å². The zero-order valence-corrected chi connectivity index (χ0v) is 13.0. The lowest BCUT2D eigenvalue weighted by Gasteiger charge is -2.16. The highest BCUT2D eigenvalue weighted by molar-refractivity contribution is 7.89. The van der Waals surface area contributed by atoms with Gasteiger partial charge >= 0.3 is 0 Å². The number of halogens is 1. The van der Waals surface area contributed by atoms with E-state index >= 15 is 0 Å². The molecule has 1 saturated carbocycles. The highest BCUT2D eigenvalue weighted by Gasteiger charge is 2.25. The molecule has 0 saturated heterocycles. The van der Waals surface area contributed by atoms with E-state index in [0.717, 1.165) is 5.56 Å². The molecule has 3 N–H and O–H groups in total. The summed E-state index contributed by atoms with van der Waals surface area (Å²) in [6.45, 7) is 1.39. The predicted molar refractivity (Wildman–Crippen MR) is 80.2 cm³/mol. The number of nitrogens with one attached hydrogen (secondary N) is 1. The van der Waals surface area contributed by atoms with Crippen molar-refractivity contribution in [2.75, 3.05) is 20.1 Å². The third-order valence-electron chi connectivity index (χ3n) is 3.48. The third-order valence-corrected chi connectivity index (χ3v) is 5.29. The molecule has 0 amide bonds. The van der Waals surface area contributed by atoms with E-state index in [1.54, 1.807) is 6.07 Å². The first-order valence-electron chi connectivity index (χ1n) is 6.62. The Morgan fingerprint density at radius 1 is 1.45 bits per heavy atom. The van der Waals surface area contributed by atoms with Gasteiger partial charge in [0.2, 0.25) is 10.0 Å². The van der Waals surface area contributed by atoms with Gasteiger partial charge in [0.25, 0.3) is 0 Å². The van der Waals surface area contributed by atoms with Gasteiger partial charge in [0.05, 0.1) is 4.90 Å². The second-order valence-corrected chi connectivity index (χ2v) is 7.24. The van der Waals surface area contributed by atoms with Crippen LogP contribution < -0.4 is 10.5 Å². The fourth-order valence-corrected chi connectivity index (χ4v) is 3.37. The highest BCUT2D eigenvalue weighted by atomic mass is 35.5. The van der Waals surface area contributed by atoms with E-state index in [2.05, 4.69) is 9.62 Å². The van der Waals surface area contributed by atoms with E-state index < -0.39 is 10.0 Å². The van der Waals surface area contributed by atoms with Gasteiger partial charge < -0.3 is 10.6 Å². The molecule has 5 nitrogen and oxygen atoms in total. The van der Waals surface area contributed by atoms with Crippen molar-refractivity contribution in [2.45, 2.75) is 30.3 Å². The van der Waals surface area contributed by atoms with E-state index in [4.69, 9.17) is 17.3 Å². The Balaban J connectivity index is 1.96. The summed E-state index contributed by atoms with van der Waals surface area (Å²) in [4.78, 5) is 2.35. The van der Waals surface area contributed by atoms with Crippen LogP contribution in [0.3, 0.4) is 0 Å². The van der Waals surface area contributed by atoms with Gasteiger partial charge in [0.15, 0.2) is 0 Å². The predicted octanol–water partition coefficient (Wildman–Crippen LogP) is 1.17. The van der Waals surface area contributed by atoms with Crippen molar-refractivity contribution in [3.63, 3.8) is 0 Å². The first-order chi connectivity index (χ1) is 9.44. The van der Waals surface area contributed by atoms with E-state index in [0.29, 0.717) is 30.7 Å². The summed E-state index contributed by atoms with van der Waals surface area (Å²) in [5.74, 6) is 0. The lowest BCUT2D eigenvalue weighted by molar-refractivity contribution is 0.329. The molecule has 2 rings (SSSR count). The van der Waals surface area contributed by atoms with Crippen molar-refractivity contribution < 1.29 is 8.42 Å². The van der Waals surface area contributed by atoms with Crippen LogP contribution >= 0.6 is 11.6 Å². The van der Waals surface area contributed by atoms with Crippen LogP contribution in [0, 0.1) is 0 Å². The molecule has 1 aromatic carbocycles. The first-order valence-corrected chi connectivity index (χ1v) is 8.48. The maximum atomic E-state index is 12.1. The SMILES string of the molecule is CN(CCNS(=O)(=O)c1ccc(CN)c(Cl)c1)C1CC1. The van der Waals surface area contributed by atoms with E-state index in [1.165, 1.54) is 25.0 Å². The second kappa shape index (κ2) is 6.41. The van der Waals surface area contributed by atoms with Crippen LogP contribution in [-0.4, -0.2) is 39.5 Å². The maximum Gasteiger partial charge on any atom is 0.240 e. The van der Waals surface area contributed by atoms with Crippen LogP contribution in [0.4, 0.5) is 0 Å². The lowest BCUT2D eigenvalue weighted by atomic mass is 10.2. The molecule has 112 valence electrons. The second-order valence-electron chi connectivity index (χ2n) is 5.07. The zero-order chi connectivity index (χ0) is 14.8. The first kappa shape index (κ1) is 15.7. The summed E-state index contributed by atoms with van der Waals surface area (Å²) in [7, 11) is -1.50. The molecule has 0 unspecified atom stereocenters. The molecule has 7 heteroatoms. The molecule has 1 aromatic rings. The summed E-state index contributed by atoms with van der Waals surface area (Å²) in [5, 5.41) is 0.380. The summed E-state index contributed by atoms with van der Waals surface area (Å²) in [6, 6.07) is 5.24. The van der Waals surface area contributed by atoms with Gasteiger partial charge in [0, 0.05) is 30.7 Å². The molecule has 1 fully saturated rings. The Labute approximate surface area is 125 Å². The number of hydrogen-bond acceptors (Lipinski definition) is 4. The Hall–Kier alpha value is -0.660. The van der Waals surface area contributed by atoms with Gasteiger partial charge in [-0.25, -0.2) is 13.1 Å². The van der Waals surface area contributed by atoms with E-state index in [1.807, 2.05) is 7.05 Å². The van der Waals surface area contributed by atoms with Crippen LogP contribution in [0.2, 0.25) is 5.02 Å². The molecule has 0 atom stereocenters. The average Bonchev–Trinajstić information content (AvgIpc) is 3.22. The Morgan fingerprint density at radius 3 is 2.70 bits per heavy atom. The summed E-state index contributed by atoms with van der Waals surface area (Å²) >= 11 is 5.99. The quantitative estimate of drug-likeness (QED) is 0.791. The van der Waals surface area contributed by atoms with Gasteiger partial charge in [-0.3, -0.25) is 0 Å². The monoisotopic (exact) mass is 317 g/mol. The molecule has 0 bridgehead atoms. The average molecular weight is 318 g/mol. The highest BCUT2D eigenvalue weighted by Crippen LogP contribution is 2.24. The zero-order valence-electron chi connectivity index (χ0n) is 11.5. The Kier molecular flexibility index (Phi) is 5.04. The minimum absolute atomic E-state index is 0.175. The van der Waals surface area contributed by atoms with Gasteiger partial charge in [0.1, 0.15) is 0 Å². The summed E-state index contributed by atoms with van der Waals surface area (Å²) in [5.41, 5.74) is 6.24.